The predicted octanol–water partition coefficient (Wildman–Crippen LogP) is 2.66. The van der Waals surface area contributed by atoms with Crippen molar-refractivity contribution in [3.05, 3.63) is 0 Å². The molecule has 1 N–H and O–H groups in total. The van der Waals surface area contributed by atoms with Crippen LogP contribution in [0.4, 0.5) is 0 Å². The molecule has 1 rings (SSSR count). The number of hydrogen-bond acceptors (Lipinski definition) is 2. The van der Waals surface area contributed by atoms with Gasteiger partial charge in [0.15, 0.2) is 0 Å². The van der Waals surface area contributed by atoms with E-state index in [1.54, 1.807) is 0 Å². The summed E-state index contributed by atoms with van der Waals surface area (Å²) in [5, 5.41) is 3.54. The van der Waals surface area contributed by atoms with Crippen molar-refractivity contribution in [3.63, 3.8) is 0 Å². The van der Waals surface area contributed by atoms with Crippen LogP contribution in [0.15, 0.2) is 0 Å². The average Bonchev–Trinajstić information content (AvgIpc) is 2.87. The molecule has 12 heavy (non-hydrogen) atoms. The molecule has 0 heterocycles. The van der Waals surface area contributed by atoms with E-state index in [-0.39, 0.29) is 0 Å². The molecule has 0 aromatic heterocycles. The normalized spacial score (nSPS) is 16.8. The Balaban J connectivity index is 1.65. The maximum absolute atomic E-state index is 3.54. The molecule has 0 bridgehead atoms. The van der Waals surface area contributed by atoms with Crippen LogP contribution in [-0.4, -0.2) is 24.1 Å². The van der Waals surface area contributed by atoms with Crippen molar-refractivity contribution in [2.45, 2.75) is 45.1 Å². The van der Waals surface area contributed by atoms with Crippen LogP contribution in [0.1, 0.15) is 39.0 Å². The lowest BCUT2D eigenvalue weighted by molar-refractivity contribution is 0.616. The highest BCUT2D eigenvalue weighted by Gasteiger charge is 2.19. The fourth-order valence-corrected chi connectivity index (χ4v) is 1.94. The number of nitrogens with one attached hydrogen (secondary N) is 1. The van der Waals surface area contributed by atoms with E-state index in [4.69, 9.17) is 0 Å². The Morgan fingerprint density at radius 1 is 1.25 bits per heavy atom. The van der Waals surface area contributed by atoms with Crippen LogP contribution in [-0.2, 0) is 0 Å². The molecular weight excluding hydrogens is 166 g/mol. The van der Waals surface area contributed by atoms with Gasteiger partial charge < -0.3 is 5.32 Å². The molecule has 0 amide bonds. The molecule has 72 valence electrons. The SMILES string of the molecule is CCSCCCCCNC1CC1. The van der Waals surface area contributed by atoms with Gasteiger partial charge in [-0.15, -0.1) is 0 Å². The Morgan fingerprint density at radius 3 is 2.75 bits per heavy atom. The van der Waals surface area contributed by atoms with Crippen LogP contribution in [0.5, 0.6) is 0 Å². The van der Waals surface area contributed by atoms with E-state index in [0.29, 0.717) is 0 Å². The highest BCUT2D eigenvalue weighted by Crippen LogP contribution is 2.18. The monoisotopic (exact) mass is 187 g/mol. The summed E-state index contributed by atoms with van der Waals surface area (Å²) in [6, 6.07) is 0.898. The summed E-state index contributed by atoms with van der Waals surface area (Å²) < 4.78 is 0. The first-order chi connectivity index (χ1) is 5.93. The molecule has 0 saturated heterocycles. The molecule has 0 aliphatic heterocycles. The van der Waals surface area contributed by atoms with Crippen LogP contribution < -0.4 is 5.32 Å². The first kappa shape index (κ1) is 10.4. The van der Waals surface area contributed by atoms with Gasteiger partial charge in [-0.3, -0.25) is 0 Å². The summed E-state index contributed by atoms with van der Waals surface area (Å²) in [5.41, 5.74) is 0. The van der Waals surface area contributed by atoms with Crippen LogP contribution >= 0.6 is 11.8 Å². The van der Waals surface area contributed by atoms with Crippen LogP contribution in [0, 0.1) is 0 Å². The summed E-state index contributed by atoms with van der Waals surface area (Å²) >= 11 is 2.06. The van der Waals surface area contributed by atoms with E-state index < -0.39 is 0 Å². The van der Waals surface area contributed by atoms with Gasteiger partial charge in [0.1, 0.15) is 0 Å². The highest BCUT2D eigenvalue weighted by molar-refractivity contribution is 7.99. The van der Waals surface area contributed by atoms with Gasteiger partial charge in [-0.2, -0.15) is 11.8 Å². The Bertz CT molecular complexity index is 102. The molecule has 0 aromatic carbocycles. The smallest absolute Gasteiger partial charge is 0.00682 e. The lowest BCUT2D eigenvalue weighted by atomic mass is 10.2. The Morgan fingerprint density at radius 2 is 2.08 bits per heavy atom. The van der Waals surface area contributed by atoms with E-state index in [1.807, 2.05) is 0 Å². The number of rotatable bonds is 8. The lowest BCUT2D eigenvalue weighted by Gasteiger charge is -2.01. The van der Waals surface area contributed by atoms with Crippen molar-refractivity contribution >= 4 is 11.8 Å². The van der Waals surface area contributed by atoms with Gasteiger partial charge in [0.05, 0.1) is 0 Å². The minimum atomic E-state index is 0.898. The molecule has 2 heteroatoms. The molecule has 1 aliphatic carbocycles. The largest absolute Gasteiger partial charge is 0.314 e. The Kier molecular flexibility index (Phi) is 5.88. The molecule has 0 radical (unpaired) electrons. The average molecular weight is 187 g/mol. The zero-order chi connectivity index (χ0) is 8.65. The van der Waals surface area contributed by atoms with Crippen molar-refractivity contribution in [1.29, 1.82) is 0 Å². The van der Waals surface area contributed by atoms with Gasteiger partial charge in [0, 0.05) is 6.04 Å². The van der Waals surface area contributed by atoms with Gasteiger partial charge in [-0.1, -0.05) is 13.3 Å². The molecule has 0 spiro atoms. The number of hydrogen-bond donors (Lipinski definition) is 1. The van der Waals surface area contributed by atoms with Gasteiger partial charge in [-0.25, -0.2) is 0 Å². The van der Waals surface area contributed by atoms with Crippen LogP contribution in [0.3, 0.4) is 0 Å². The minimum Gasteiger partial charge on any atom is -0.314 e. The quantitative estimate of drug-likeness (QED) is 0.586. The van der Waals surface area contributed by atoms with Crippen molar-refractivity contribution in [3.8, 4) is 0 Å². The summed E-state index contributed by atoms with van der Waals surface area (Å²) in [6.07, 6.45) is 7.04. The molecule has 0 aromatic rings. The third-order valence-electron chi connectivity index (χ3n) is 2.18. The zero-order valence-electron chi connectivity index (χ0n) is 8.14. The van der Waals surface area contributed by atoms with Gasteiger partial charge >= 0.3 is 0 Å². The minimum absolute atomic E-state index is 0.898. The van der Waals surface area contributed by atoms with Gasteiger partial charge in [0.25, 0.3) is 0 Å². The zero-order valence-corrected chi connectivity index (χ0v) is 8.96. The number of unbranched alkanes of at least 4 members (excludes halogenated alkanes) is 2. The highest BCUT2D eigenvalue weighted by atomic mass is 32.2. The molecule has 0 unspecified atom stereocenters. The second-order valence-corrected chi connectivity index (χ2v) is 4.88. The van der Waals surface area contributed by atoms with E-state index in [9.17, 15) is 0 Å². The fraction of sp³-hybridized carbons (Fsp3) is 1.00. The molecule has 1 aliphatic rings. The van der Waals surface area contributed by atoms with E-state index >= 15 is 0 Å². The van der Waals surface area contributed by atoms with Crippen molar-refractivity contribution < 1.29 is 0 Å². The van der Waals surface area contributed by atoms with Crippen molar-refractivity contribution in [2.75, 3.05) is 18.1 Å². The molecule has 0 atom stereocenters. The summed E-state index contributed by atoms with van der Waals surface area (Å²) in [7, 11) is 0. The third-order valence-corrected chi connectivity index (χ3v) is 3.17. The Labute approximate surface area is 80.7 Å². The van der Waals surface area contributed by atoms with E-state index in [1.165, 1.54) is 50.2 Å². The Hall–Kier alpha value is 0.310. The molecule has 1 fully saturated rings. The summed E-state index contributed by atoms with van der Waals surface area (Å²) in [6.45, 7) is 3.49. The lowest BCUT2D eigenvalue weighted by Crippen LogP contribution is -2.17. The fourth-order valence-electron chi connectivity index (χ4n) is 1.24. The number of thioether (sulfide) groups is 1. The summed E-state index contributed by atoms with van der Waals surface area (Å²) in [5.74, 6) is 2.64. The topological polar surface area (TPSA) is 12.0 Å². The maximum Gasteiger partial charge on any atom is 0.00682 e. The second kappa shape index (κ2) is 6.79. The second-order valence-electron chi connectivity index (χ2n) is 3.49. The van der Waals surface area contributed by atoms with Crippen molar-refractivity contribution in [1.82, 2.24) is 5.32 Å². The van der Waals surface area contributed by atoms with Crippen molar-refractivity contribution in [2.24, 2.45) is 0 Å². The first-order valence-electron chi connectivity index (χ1n) is 5.24. The first-order valence-corrected chi connectivity index (χ1v) is 6.40. The molecule has 1 nitrogen and oxygen atoms in total. The van der Waals surface area contributed by atoms with Gasteiger partial charge in [-0.05, 0) is 43.7 Å². The van der Waals surface area contributed by atoms with E-state index in [0.717, 1.165) is 6.04 Å². The van der Waals surface area contributed by atoms with E-state index in [2.05, 4.69) is 24.0 Å². The van der Waals surface area contributed by atoms with Crippen LogP contribution in [0.25, 0.3) is 0 Å². The summed E-state index contributed by atoms with van der Waals surface area (Å²) in [4.78, 5) is 0. The van der Waals surface area contributed by atoms with Gasteiger partial charge in [0.2, 0.25) is 0 Å². The third kappa shape index (κ3) is 5.90. The maximum atomic E-state index is 3.54. The van der Waals surface area contributed by atoms with Crippen LogP contribution in [0.2, 0.25) is 0 Å². The predicted molar refractivity (Wildman–Crippen MR) is 57.9 cm³/mol. The molecule has 1 saturated carbocycles. The molecular formula is C10H21NS. The standard InChI is InChI=1S/C10H21NS/c1-2-12-9-5-3-4-8-11-10-6-7-10/h10-11H,2-9H2,1H3.